The number of carboxylic acids is 1. The highest BCUT2D eigenvalue weighted by molar-refractivity contribution is 5.70. The van der Waals surface area contributed by atoms with Crippen LogP contribution in [0.2, 0.25) is 0 Å². The summed E-state index contributed by atoms with van der Waals surface area (Å²) in [7, 11) is 0. The number of carboxylic acid groups (broad SMARTS) is 1. The molecular weight excluding hydrogens is 204 g/mol. The van der Waals surface area contributed by atoms with Crippen LogP contribution >= 0.6 is 0 Å². The molecule has 0 bridgehead atoms. The Bertz CT molecular complexity index is 500. The molecule has 4 heteroatoms. The monoisotopic (exact) mass is 216 g/mol. The van der Waals surface area contributed by atoms with Crippen molar-refractivity contribution in [2.24, 2.45) is 0 Å². The summed E-state index contributed by atoms with van der Waals surface area (Å²) in [5.74, 6) is -0.814. The van der Waals surface area contributed by atoms with Crippen LogP contribution in [0.5, 0.6) is 0 Å². The van der Waals surface area contributed by atoms with Crippen LogP contribution in [0.1, 0.15) is 11.3 Å². The van der Waals surface area contributed by atoms with Gasteiger partial charge in [0.1, 0.15) is 0 Å². The van der Waals surface area contributed by atoms with Crippen molar-refractivity contribution in [2.45, 2.75) is 13.3 Å². The Kier molecular flexibility index (Phi) is 2.72. The fraction of sp³-hybridized carbons (Fsp3) is 0.167. The third-order valence-corrected chi connectivity index (χ3v) is 2.30. The van der Waals surface area contributed by atoms with Gasteiger partial charge in [-0.1, -0.05) is 12.1 Å². The summed E-state index contributed by atoms with van der Waals surface area (Å²) in [6.45, 7) is 1.93. The Morgan fingerprint density at radius 3 is 2.56 bits per heavy atom. The van der Waals surface area contributed by atoms with E-state index in [0.717, 1.165) is 16.9 Å². The quantitative estimate of drug-likeness (QED) is 0.851. The van der Waals surface area contributed by atoms with E-state index in [1.165, 1.54) is 0 Å². The predicted molar refractivity (Wildman–Crippen MR) is 59.6 cm³/mol. The minimum Gasteiger partial charge on any atom is -0.481 e. The largest absolute Gasteiger partial charge is 0.481 e. The van der Waals surface area contributed by atoms with Gasteiger partial charge in [-0.2, -0.15) is 0 Å². The predicted octanol–water partition coefficient (Wildman–Crippen LogP) is 1.81. The molecular formula is C12H12N2O2. The molecule has 1 aromatic heterocycles. The molecule has 1 heterocycles. The van der Waals surface area contributed by atoms with E-state index in [4.69, 9.17) is 5.11 Å². The number of aliphatic carboxylic acids is 1. The van der Waals surface area contributed by atoms with Crippen molar-refractivity contribution < 1.29 is 9.90 Å². The minimum absolute atomic E-state index is 0.0588. The van der Waals surface area contributed by atoms with Crippen molar-refractivity contribution in [3.05, 3.63) is 48.0 Å². The third-order valence-electron chi connectivity index (χ3n) is 2.30. The first-order valence-corrected chi connectivity index (χ1v) is 4.97. The first kappa shape index (κ1) is 10.4. The lowest BCUT2D eigenvalue weighted by atomic mass is 10.1. The lowest BCUT2D eigenvalue weighted by Gasteiger charge is -2.02. The van der Waals surface area contributed by atoms with Crippen LogP contribution in [-0.2, 0) is 11.2 Å². The Morgan fingerprint density at radius 2 is 2.06 bits per heavy atom. The van der Waals surface area contributed by atoms with Gasteiger partial charge in [-0.15, -0.1) is 0 Å². The Labute approximate surface area is 93.2 Å². The minimum atomic E-state index is -0.814. The number of nitrogens with zero attached hydrogens (tertiary/aromatic N) is 2. The molecule has 0 aliphatic carbocycles. The molecule has 0 amide bonds. The van der Waals surface area contributed by atoms with Crippen molar-refractivity contribution in [2.75, 3.05) is 0 Å². The van der Waals surface area contributed by atoms with E-state index in [1.54, 1.807) is 6.33 Å². The summed E-state index contributed by atoms with van der Waals surface area (Å²) in [5, 5.41) is 8.64. The van der Waals surface area contributed by atoms with Gasteiger partial charge < -0.3 is 9.67 Å². The van der Waals surface area contributed by atoms with Gasteiger partial charge in [-0.05, 0) is 24.6 Å². The number of hydrogen-bond donors (Lipinski definition) is 1. The fourth-order valence-electron chi connectivity index (χ4n) is 1.52. The molecule has 1 aromatic carbocycles. The normalized spacial score (nSPS) is 10.3. The Balaban J connectivity index is 2.22. The SMILES string of the molecule is Cc1cn(-c2ccc(CC(=O)O)cc2)cn1. The van der Waals surface area contributed by atoms with Crippen molar-refractivity contribution in [1.82, 2.24) is 9.55 Å². The summed E-state index contributed by atoms with van der Waals surface area (Å²) < 4.78 is 1.90. The highest BCUT2D eigenvalue weighted by Crippen LogP contribution is 2.10. The summed E-state index contributed by atoms with van der Waals surface area (Å²) in [5.41, 5.74) is 2.73. The number of carbonyl (C=O) groups is 1. The number of aryl methyl sites for hydroxylation is 1. The van der Waals surface area contributed by atoms with Gasteiger partial charge in [0, 0.05) is 11.9 Å². The van der Waals surface area contributed by atoms with Gasteiger partial charge in [0.05, 0.1) is 18.4 Å². The number of hydrogen-bond acceptors (Lipinski definition) is 2. The molecule has 0 unspecified atom stereocenters. The fourth-order valence-corrected chi connectivity index (χ4v) is 1.52. The topological polar surface area (TPSA) is 55.1 Å². The van der Waals surface area contributed by atoms with Gasteiger partial charge in [-0.3, -0.25) is 4.79 Å². The Hall–Kier alpha value is -2.10. The molecule has 16 heavy (non-hydrogen) atoms. The van der Waals surface area contributed by atoms with Gasteiger partial charge in [0.25, 0.3) is 0 Å². The Morgan fingerprint density at radius 1 is 1.38 bits per heavy atom. The highest BCUT2D eigenvalue weighted by Gasteiger charge is 2.01. The third kappa shape index (κ3) is 2.28. The molecule has 0 atom stereocenters. The van der Waals surface area contributed by atoms with Crippen molar-refractivity contribution in [3.63, 3.8) is 0 Å². The molecule has 1 N–H and O–H groups in total. The van der Waals surface area contributed by atoms with Gasteiger partial charge in [0.2, 0.25) is 0 Å². The lowest BCUT2D eigenvalue weighted by molar-refractivity contribution is -0.136. The summed E-state index contributed by atoms with van der Waals surface area (Å²) in [6, 6.07) is 7.41. The maximum atomic E-state index is 10.5. The number of rotatable bonds is 3. The van der Waals surface area contributed by atoms with Crippen LogP contribution in [0.4, 0.5) is 0 Å². The van der Waals surface area contributed by atoms with Crippen molar-refractivity contribution in [3.8, 4) is 5.69 Å². The van der Waals surface area contributed by atoms with E-state index >= 15 is 0 Å². The molecule has 2 rings (SSSR count). The summed E-state index contributed by atoms with van der Waals surface area (Å²) in [6.07, 6.45) is 3.72. The van der Waals surface area contributed by atoms with E-state index in [0.29, 0.717) is 0 Å². The van der Waals surface area contributed by atoms with Gasteiger partial charge in [-0.25, -0.2) is 4.98 Å². The second-order valence-corrected chi connectivity index (χ2v) is 3.66. The van der Waals surface area contributed by atoms with Crippen LogP contribution in [0.25, 0.3) is 5.69 Å². The molecule has 0 fully saturated rings. The van der Waals surface area contributed by atoms with E-state index in [1.807, 2.05) is 42.0 Å². The molecule has 0 radical (unpaired) electrons. The van der Waals surface area contributed by atoms with Crippen LogP contribution in [0.3, 0.4) is 0 Å². The summed E-state index contributed by atoms with van der Waals surface area (Å²) >= 11 is 0. The molecule has 82 valence electrons. The zero-order valence-electron chi connectivity index (χ0n) is 8.92. The standard InChI is InChI=1S/C12H12N2O2/c1-9-7-14(8-13-9)11-4-2-10(3-5-11)6-12(15)16/h2-5,7-8H,6H2,1H3,(H,15,16). The van der Waals surface area contributed by atoms with E-state index < -0.39 is 5.97 Å². The average Bonchev–Trinajstić information content (AvgIpc) is 2.65. The zero-order valence-corrected chi connectivity index (χ0v) is 8.92. The maximum Gasteiger partial charge on any atom is 0.307 e. The molecule has 4 nitrogen and oxygen atoms in total. The van der Waals surface area contributed by atoms with Crippen LogP contribution in [0, 0.1) is 6.92 Å². The van der Waals surface area contributed by atoms with Gasteiger partial charge >= 0.3 is 5.97 Å². The van der Waals surface area contributed by atoms with Crippen molar-refractivity contribution >= 4 is 5.97 Å². The molecule has 0 spiro atoms. The number of aromatic nitrogens is 2. The second kappa shape index (κ2) is 4.18. The van der Waals surface area contributed by atoms with E-state index in [-0.39, 0.29) is 6.42 Å². The lowest BCUT2D eigenvalue weighted by Crippen LogP contribution is -2.00. The second-order valence-electron chi connectivity index (χ2n) is 3.66. The molecule has 0 saturated heterocycles. The van der Waals surface area contributed by atoms with E-state index in [9.17, 15) is 4.79 Å². The number of benzene rings is 1. The first-order valence-electron chi connectivity index (χ1n) is 4.97. The number of imidazole rings is 1. The zero-order chi connectivity index (χ0) is 11.5. The maximum absolute atomic E-state index is 10.5. The molecule has 0 saturated carbocycles. The molecule has 2 aromatic rings. The molecule has 0 aliphatic rings. The average molecular weight is 216 g/mol. The smallest absolute Gasteiger partial charge is 0.307 e. The van der Waals surface area contributed by atoms with Crippen LogP contribution in [0.15, 0.2) is 36.8 Å². The molecule has 0 aliphatic heterocycles. The van der Waals surface area contributed by atoms with Crippen LogP contribution in [-0.4, -0.2) is 20.6 Å². The van der Waals surface area contributed by atoms with Crippen molar-refractivity contribution in [1.29, 1.82) is 0 Å². The first-order chi connectivity index (χ1) is 7.65. The van der Waals surface area contributed by atoms with E-state index in [2.05, 4.69) is 4.98 Å². The highest BCUT2D eigenvalue weighted by atomic mass is 16.4. The van der Waals surface area contributed by atoms with Gasteiger partial charge in [0.15, 0.2) is 0 Å². The summed E-state index contributed by atoms with van der Waals surface area (Å²) in [4.78, 5) is 14.6. The van der Waals surface area contributed by atoms with Crippen LogP contribution < -0.4 is 0 Å².